The van der Waals surface area contributed by atoms with Crippen molar-refractivity contribution in [2.75, 3.05) is 24.7 Å². The fourth-order valence-corrected chi connectivity index (χ4v) is 7.19. The Kier molecular flexibility index (Phi) is 6.94. The van der Waals surface area contributed by atoms with Crippen LogP contribution < -0.4 is 44.8 Å². The highest BCUT2D eigenvalue weighted by molar-refractivity contribution is 7.95. The normalized spacial score (nSPS) is 14.5. The van der Waals surface area contributed by atoms with E-state index in [1.807, 2.05) is 0 Å². The molecule has 1 fully saturated rings. The number of nitrogens with zero attached hydrogens (tertiary/aromatic N) is 1. The summed E-state index contributed by atoms with van der Waals surface area (Å²) < 4.78 is 0. The molecule has 1 nitrogen and oxygen atoms in total. The van der Waals surface area contributed by atoms with Crippen LogP contribution in [0.1, 0.15) is 19.3 Å². The molecule has 0 amide bonds. The highest BCUT2D eigenvalue weighted by Gasteiger charge is 2.39. The molecule has 1 heterocycles. The molecule has 1 saturated heterocycles. The van der Waals surface area contributed by atoms with Gasteiger partial charge >= 0.3 is 0 Å². The van der Waals surface area contributed by atoms with Crippen LogP contribution in [0.25, 0.3) is 0 Å². The van der Waals surface area contributed by atoms with Gasteiger partial charge in [0.15, 0.2) is 0 Å². The zero-order chi connectivity index (χ0) is 17.8. The number of hydrogen-bond donors (Lipinski definition) is 0. The zero-order valence-electron chi connectivity index (χ0n) is 15.9. The second-order valence-electron chi connectivity index (χ2n) is 7.24. The van der Waals surface area contributed by atoms with Gasteiger partial charge in [0, 0.05) is 18.8 Å². The van der Waals surface area contributed by atoms with Crippen molar-refractivity contribution in [1.82, 2.24) is 0 Å². The molecule has 27 heavy (non-hydrogen) atoms. The molecular weight excluding hydrogens is 460 g/mol. The highest BCUT2D eigenvalue weighted by Crippen LogP contribution is 2.51. The van der Waals surface area contributed by atoms with Crippen molar-refractivity contribution in [3.63, 3.8) is 0 Å². The van der Waals surface area contributed by atoms with Crippen molar-refractivity contribution in [2.24, 2.45) is 0 Å². The molecule has 140 valence electrons. The van der Waals surface area contributed by atoms with Gasteiger partial charge in [-0.05, 0) is 67.8 Å². The Morgan fingerprint density at radius 2 is 1.04 bits per heavy atom. The molecule has 4 rings (SSSR count). The van der Waals surface area contributed by atoms with Crippen LogP contribution in [0.3, 0.4) is 0 Å². The maximum Gasteiger partial charge on any atom is 0.109 e. The largest absolute Gasteiger partial charge is 1.00 e. The number of anilines is 1. The van der Waals surface area contributed by atoms with Crippen LogP contribution in [-0.2, 0) is 0 Å². The Labute approximate surface area is 181 Å². The van der Waals surface area contributed by atoms with Gasteiger partial charge in [0.25, 0.3) is 0 Å². The predicted octanol–water partition coefficient (Wildman–Crippen LogP) is 1.60. The smallest absolute Gasteiger partial charge is 0.109 e. The average Bonchev–Trinajstić information content (AvgIpc) is 2.75. The summed E-state index contributed by atoms with van der Waals surface area (Å²) >= 11 is 0. The van der Waals surface area contributed by atoms with E-state index in [2.05, 4.69) is 96.5 Å². The molecule has 0 N–H and O–H groups in total. The second-order valence-corrected chi connectivity index (χ2v) is 10.8. The van der Waals surface area contributed by atoms with Crippen LogP contribution in [-0.4, -0.2) is 19.8 Å². The first-order valence-electron chi connectivity index (χ1n) is 9.62. The quantitative estimate of drug-likeness (QED) is 0.400. The molecule has 3 heteroatoms. The monoisotopic (exact) mass is 487 g/mol. The molecule has 3 aromatic rings. The molecule has 3 aromatic carbocycles. The van der Waals surface area contributed by atoms with Crippen molar-refractivity contribution < 1.29 is 24.0 Å². The van der Waals surface area contributed by atoms with Gasteiger partial charge in [0.1, 0.15) is 23.2 Å². The average molecular weight is 487 g/mol. The van der Waals surface area contributed by atoms with Crippen LogP contribution in [0.4, 0.5) is 5.69 Å². The Morgan fingerprint density at radius 3 is 1.52 bits per heavy atom. The van der Waals surface area contributed by atoms with E-state index in [9.17, 15) is 0 Å². The van der Waals surface area contributed by atoms with Crippen molar-refractivity contribution in [1.29, 1.82) is 0 Å². The molecule has 1 aliphatic heterocycles. The van der Waals surface area contributed by atoms with Gasteiger partial charge in [-0.2, -0.15) is 0 Å². The minimum Gasteiger partial charge on any atom is -1.00 e. The van der Waals surface area contributed by atoms with Crippen molar-refractivity contribution in [2.45, 2.75) is 19.3 Å². The minimum absolute atomic E-state index is 0. The van der Waals surface area contributed by atoms with E-state index in [-0.39, 0.29) is 24.0 Å². The maximum absolute atomic E-state index is 2.54. The van der Waals surface area contributed by atoms with Gasteiger partial charge in [-0.1, -0.05) is 36.4 Å². The first-order chi connectivity index (χ1) is 12.8. The minimum atomic E-state index is -1.60. The van der Waals surface area contributed by atoms with Crippen LogP contribution >= 0.6 is 7.26 Å². The molecule has 0 bridgehead atoms. The number of benzene rings is 3. The van der Waals surface area contributed by atoms with Gasteiger partial charge in [-0.25, -0.2) is 0 Å². The lowest BCUT2D eigenvalue weighted by atomic mass is 10.1. The zero-order valence-corrected chi connectivity index (χ0v) is 18.9. The number of rotatable bonds is 4. The summed E-state index contributed by atoms with van der Waals surface area (Å²) in [4.78, 5) is 2.54. The summed E-state index contributed by atoms with van der Waals surface area (Å²) in [7, 11) is -1.60. The molecule has 0 spiro atoms. The fraction of sp³-hybridized carbons (Fsp3) is 0.250. The maximum atomic E-state index is 2.54. The van der Waals surface area contributed by atoms with Gasteiger partial charge < -0.3 is 28.9 Å². The highest BCUT2D eigenvalue weighted by atomic mass is 127. The van der Waals surface area contributed by atoms with Crippen LogP contribution in [0.5, 0.6) is 0 Å². The predicted molar refractivity (Wildman–Crippen MR) is 117 cm³/mol. The van der Waals surface area contributed by atoms with Crippen LogP contribution in [0.15, 0.2) is 84.9 Å². The molecule has 0 unspecified atom stereocenters. The van der Waals surface area contributed by atoms with E-state index >= 15 is 0 Å². The molecule has 0 aliphatic carbocycles. The van der Waals surface area contributed by atoms with E-state index in [1.165, 1.54) is 54.0 Å². The van der Waals surface area contributed by atoms with Gasteiger partial charge in [0.2, 0.25) is 0 Å². The van der Waals surface area contributed by atoms with Gasteiger partial charge in [-0.3, -0.25) is 0 Å². The summed E-state index contributed by atoms with van der Waals surface area (Å²) in [6, 6.07) is 31.5. The molecule has 0 atom stereocenters. The molecule has 0 radical (unpaired) electrons. The van der Waals surface area contributed by atoms with E-state index in [1.54, 1.807) is 0 Å². The van der Waals surface area contributed by atoms with E-state index < -0.39 is 7.26 Å². The molecule has 0 saturated carbocycles. The molecule has 1 aliphatic rings. The Bertz CT molecular complexity index is 788. The lowest BCUT2D eigenvalue weighted by Gasteiger charge is -2.29. The Morgan fingerprint density at radius 1 is 0.593 bits per heavy atom. The Hall–Kier alpha value is -1.38. The number of hydrogen-bond acceptors (Lipinski definition) is 1. The number of halogens is 1. The lowest BCUT2D eigenvalue weighted by molar-refractivity contribution is -0.00000511. The Balaban J connectivity index is 0.00000210. The summed E-state index contributed by atoms with van der Waals surface area (Å²) in [5.41, 5.74) is 1.38. The van der Waals surface area contributed by atoms with E-state index in [4.69, 9.17) is 0 Å². The van der Waals surface area contributed by atoms with Crippen molar-refractivity contribution >= 4 is 28.9 Å². The van der Waals surface area contributed by atoms with Crippen molar-refractivity contribution in [3.8, 4) is 0 Å². The fourth-order valence-electron chi connectivity index (χ4n) is 4.01. The second kappa shape index (κ2) is 9.21. The van der Waals surface area contributed by atoms with E-state index in [0.29, 0.717) is 0 Å². The van der Waals surface area contributed by atoms with E-state index in [0.717, 1.165) is 0 Å². The van der Waals surface area contributed by atoms with Gasteiger partial charge in [0.05, 0.1) is 6.66 Å². The SMILES string of the molecule is C[P+](c1ccccc1)(c1ccccc1)c1ccc(N2CCCCC2)cc1.[I-]. The molecular formula is C24H27INP. The lowest BCUT2D eigenvalue weighted by Crippen LogP contribution is -3.00. The van der Waals surface area contributed by atoms with Crippen LogP contribution in [0.2, 0.25) is 0 Å². The van der Waals surface area contributed by atoms with Gasteiger partial charge in [-0.15, -0.1) is 0 Å². The summed E-state index contributed by atoms with van der Waals surface area (Å²) in [5, 5.41) is 4.34. The summed E-state index contributed by atoms with van der Waals surface area (Å²) in [6.45, 7) is 4.85. The third-order valence-electron chi connectivity index (χ3n) is 5.63. The molecule has 0 aromatic heterocycles. The van der Waals surface area contributed by atoms with Crippen molar-refractivity contribution in [3.05, 3.63) is 84.9 Å². The standard InChI is InChI=1S/C24H27NP.HI/c1-26(22-11-5-2-6-12-22,23-13-7-3-8-14-23)24-17-15-21(16-18-24)25-19-9-4-10-20-25;/h2-3,5-8,11-18H,4,9-10,19-20H2,1H3;1H/q+1;/p-1. The third-order valence-corrected chi connectivity index (χ3v) is 9.63. The summed E-state index contributed by atoms with van der Waals surface area (Å²) in [5.74, 6) is 0. The van der Waals surface area contributed by atoms with Crippen LogP contribution in [0, 0.1) is 0 Å². The third kappa shape index (κ3) is 4.22. The number of piperidine rings is 1. The topological polar surface area (TPSA) is 3.24 Å². The summed E-state index contributed by atoms with van der Waals surface area (Å²) in [6.07, 6.45) is 4.02. The first-order valence-corrected chi connectivity index (χ1v) is 11.9. The first kappa shape index (κ1) is 20.4.